The van der Waals surface area contributed by atoms with Gasteiger partial charge in [0.05, 0.1) is 12.7 Å². The molecule has 1 aromatic heterocycles. The molecule has 0 N–H and O–H groups in total. The average molecular weight is 292 g/mol. The van der Waals surface area contributed by atoms with E-state index in [4.69, 9.17) is 12.2 Å². The minimum Gasteiger partial charge on any atom is -0.465 e. The zero-order chi connectivity index (χ0) is 13.7. The zero-order valence-corrected chi connectivity index (χ0v) is 11.9. The smallest absolute Gasteiger partial charge is 0.337 e. The molecule has 0 aliphatic rings. The van der Waals surface area contributed by atoms with Crippen molar-refractivity contribution in [2.45, 2.75) is 5.75 Å². The maximum absolute atomic E-state index is 11.3. The largest absolute Gasteiger partial charge is 0.465 e. The highest BCUT2D eigenvalue weighted by atomic mass is 32.2. The first-order chi connectivity index (χ1) is 9.20. The molecule has 1 aromatic carbocycles. The molecule has 0 fully saturated rings. The van der Waals surface area contributed by atoms with Gasteiger partial charge in [0.1, 0.15) is 10.6 Å². The van der Waals surface area contributed by atoms with Crippen molar-refractivity contribution in [3.05, 3.63) is 54.1 Å². The molecule has 0 aliphatic heterocycles. The SMILES string of the molecule is COC(=O)c1ccc(CSC(=S)n2ccnc2)cc1. The lowest BCUT2D eigenvalue weighted by atomic mass is 10.1. The van der Waals surface area contributed by atoms with Crippen LogP contribution in [0.5, 0.6) is 0 Å². The van der Waals surface area contributed by atoms with Crippen LogP contribution in [0.25, 0.3) is 0 Å². The van der Waals surface area contributed by atoms with Crippen molar-refractivity contribution < 1.29 is 9.53 Å². The number of imidazole rings is 1. The molecule has 0 atom stereocenters. The van der Waals surface area contributed by atoms with E-state index in [-0.39, 0.29) is 5.97 Å². The van der Waals surface area contributed by atoms with E-state index in [0.717, 1.165) is 15.6 Å². The Morgan fingerprint density at radius 2 is 2.16 bits per heavy atom. The van der Waals surface area contributed by atoms with Crippen LogP contribution in [0.1, 0.15) is 15.9 Å². The number of benzene rings is 1. The van der Waals surface area contributed by atoms with Crippen LogP contribution in [0.4, 0.5) is 0 Å². The molecule has 0 saturated carbocycles. The van der Waals surface area contributed by atoms with Gasteiger partial charge in [0.15, 0.2) is 0 Å². The number of hydrogen-bond acceptors (Lipinski definition) is 5. The lowest BCUT2D eigenvalue weighted by Crippen LogP contribution is -2.02. The number of ether oxygens (including phenoxy) is 1. The minimum absolute atomic E-state index is 0.326. The summed E-state index contributed by atoms with van der Waals surface area (Å²) in [4.78, 5) is 15.2. The lowest BCUT2D eigenvalue weighted by Gasteiger charge is -2.05. The van der Waals surface area contributed by atoms with Crippen LogP contribution in [-0.4, -0.2) is 27.0 Å². The highest BCUT2D eigenvalue weighted by Crippen LogP contribution is 2.16. The molecule has 2 rings (SSSR count). The van der Waals surface area contributed by atoms with E-state index >= 15 is 0 Å². The molecule has 6 heteroatoms. The van der Waals surface area contributed by atoms with Gasteiger partial charge in [0.25, 0.3) is 0 Å². The first-order valence-electron chi connectivity index (χ1n) is 5.53. The molecule has 0 aliphatic carbocycles. The lowest BCUT2D eigenvalue weighted by molar-refractivity contribution is 0.0600. The summed E-state index contributed by atoms with van der Waals surface area (Å²) in [5.74, 6) is 0.423. The highest BCUT2D eigenvalue weighted by Gasteiger charge is 2.05. The Morgan fingerprint density at radius 3 is 2.74 bits per heavy atom. The van der Waals surface area contributed by atoms with E-state index < -0.39 is 0 Å². The molecule has 0 radical (unpaired) electrons. The molecule has 4 nitrogen and oxygen atoms in total. The maximum atomic E-state index is 11.3. The van der Waals surface area contributed by atoms with Crippen molar-refractivity contribution >= 4 is 34.3 Å². The Hall–Kier alpha value is -1.66. The van der Waals surface area contributed by atoms with Crippen molar-refractivity contribution in [2.75, 3.05) is 7.11 Å². The van der Waals surface area contributed by atoms with Gasteiger partial charge in [0, 0.05) is 18.1 Å². The van der Waals surface area contributed by atoms with Crippen LogP contribution in [0.2, 0.25) is 0 Å². The molecule has 19 heavy (non-hydrogen) atoms. The third-order valence-corrected chi connectivity index (χ3v) is 3.95. The minimum atomic E-state index is -0.326. The monoisotopic (exact) mass is 292 g/mol. The maximum Gasteiger partial charge on any atom is 0.337 e. The Labute approximate surface area is 120 Å². The molecule has 0 spiro atoms. The number of rotatable bonds is 3. The van der Waals surface area contributed by atoms with Crippen LogP contribution < -0.4 is 0 Å². The number of hydrogen-bond donors (Lipinski definition) is 0. The van der Waals surface area contributed by atoms with E-state index in [2.05, 4.69) is 9.72 Å². The van der Waals surface area contributed by atoms with Crippen LogP contribution in [-0.2, 0) is 10.5 Å². The fourth-order valence-electron chi connectivity index (χ4n) is 1.44. The Morgan fingerprint density at radius 1 is 1.42 bits per heavy atom. The number of nitrogens with zero attached hydrogens (tertiary/aromatic N) is 2. The molecule has 0 saturated heterocycles. The van der Waals surface area contributed by atoms with Gasteiger partial charge in [-0.2, -0.15) is 0 Å². The molecular formula is C13H12N2O2S2. The Balaban J connectivity index is 1.93. The summed E-state index contributed by atoms with van der Waals surface area (Å²) in [7, 11) is 1.37. The summed E-state index contributed by atoms with van der Waals surface area (Å²) >= 11 is 6.82. The quantitative estimate of drug-likeness (QED) is 0.643. The Bertz CT molecular complexity index is 565. The third kappa shape index (κ3) is 3.65. The summed E-state index contributed by atoms with van der Waals surface area (Å²) in [6.45, 7) is 0. The topological polar surface area (TPSA) is 44.1 Å². The van der Waals surface area contributed by atoms with Crippen molar-refractivity contribution in [1.82, 2.24) is 9.55 Å². The molecule has 1 heterocycles. The van der Waals surface area contributed by atoms with E-state index in [1.54, 1.807) is 41.0 Å². The number of carbonyl (C=O) groups excluding carboxylic acids is 1. The summed E-state index contributed by atoms with van der Waals surface area (Å²) in [6, 6.07) is 7.30. The molecule has 0 amide bonds. The van der Waals surface area contributed by atoms with Gasteiger partial charge >= 0.3 is 5.97 Å². The van der Waals surface area contributed by atoms with E-state index in [9.17, 15) is 4.79 Å². The van der Waals surface area contributed by atoms with Gasteiger partial charge in [-0.05, 0) is 17.7 Å². The molecule has 0 unspecified atom stereocenters. The number of thioether (sulfide) groups is 1. The van der Waals surface area contributed by atoms with Crippen molar-refractivity contribution in [3.8, 4) is 0 Å². The normalized spacial score (nSPS) is 10.2. The first-order valence-corrected chi connectivity index (χ1v) is 6.92. The molecular weight excluding hydrogens is 280 g/mol. The van der Waals surface area contributed by atoms with E-state index in [1.165, 1.54) is 7.11 Å². The first kappa shape index (κ1) is 13.8. The van der Waals surface area contributed by atoms with Gasteiger partial charge in [-0.3, -0.25) is 4.57 Å². The van der Waals surface area contributed by atoms with Crippen molar-refractivity contribution in [1.29, 1.82) is 0 Å². The summed E-state index contributed by atoms with van der Waals surface area (Å²) < 4.78 is 7.19. The van der Waals surface area contributed by atoms with Crippen molar-refractivity contribution in [3.63, 3.8) is 0 Å². The number of methoxy groups -OCH3 is 1. The number of esters is 1. The fourth-order valence-corrected chi connectivity index (χ4v) is 2.47. The second kappa shape index (κ2) is 6.49. The van der Waals surface area contributed by atoms with Gasteiger partial charge in [-0.15, -0.1) is 0 Å². The van der Waals surface area contributed by atoms with Crippen molar-refractivity contribution in [2.24, 2.45) is 0 Å². The summed E-state index contributed by atoms with van der Waals surface area (Å²) in [5, 5.41) is 0. The van der Waals surface area contributed by atoms with Gasteiger partial charge < -0.3 is 4.74 Å². The standard InChI is InChI=1S/C13H12N2O2S2/c1-17-12(16)11-4-2-10(3-5-11)8-19-13(18)15-7-6-14-9-15/h2-7,9H,8H2,1H3. The summed E-state index contributed by atoms with van der Waals surface area (Å²) in [5.41, 5.74) is 1.65. The fraction of sp³-hybridized carbons (Fsp3) is 0.154. The predicted octanol–water partition coefficient (Wildman–Crippen LogP) is 2.74. The van der Waals surface area contributed by atoms with E-state index in [0.29, 0.717) is 5.56 Å². The second-order valence-electron chi connectivity index (χ2n) is 3.71. The summed E-state index contributed by atoms with van der Waals surface area (Å²) in [6.07, 6.45) is 5.18. The van der Waals surface area contributed by atoms with Crippen LogP contribution in [0, 0.1) is 0 Å². The third-order valence-electron chi connectivity index (χ3n) is 2.45. The molecule has 2 aromatic rings. The molecule has 0 bridgehead atoms. The number of carbonyl (C=O) groups is 1. The zero-order valence-electron chi connectivity index (χ0n) is 10.3. The van der Waals surface area contributed by atoms with E-state index in [1.807, 2.05) is 18.3 Å². The predicted molar refractivity (Wildman–Crippen MR) is 79.3 cm³/mol. The van der Waals surface area contributed by atoms with Gasteiger partial charge in [0.2, 0.25) is 0 Å². The van der Waals surface area contributed by atoms with Crippen LogP contribution in [0.15, 0.2) is 43.0 Å². The highest BCUT2D eigenvalue weighted by molar-refractivity contribution is 8.22. The Kier molecular flexibility index (Phi) is 4.70. The average Bonchev–Trinajstić information content (AvgIpc) is 2.98. The van der Waals surface area contributed by atoms with Crippen LogP contribution in [0.3, 0.4) is 0 Å². The number of aromatic nitrogens is 2. The van der Waals surface area contributed by atoms with Crippen LogP contribution >= 0.6 is 24.0 Å². The molecule has 98 valence electrons. The van der Waals surface area contributed by atoms with Gasteiger partial charge in [-0.25, -0.2) is 9.78 Å². The van der Waals surface area contributed by atoms with Gasteiger partial charge in [-0.1, -0.05) is 36.1 Å². The number of thiocarbonyl (C=S) groups is 1. The second-order valence-corrected chi connectivity index (χ2v) is 5.32.